The fourth-order valence-corrected chi connectivity index (χ4v) is 0.642. The number of hydrogen-bond donors (Lipinski definition) is 1. The minimum Gasteiger partial charge on any atom is -0.378 e. The van der Waals surface area contributed by atoms with Gasteiger partial charge in [0.25, 0.3) is 0 Å². The van der Waals surface area contributed by atoms with Crippen molar-refractivity contribution in [3.05, 3.63) is 24.5 Å². The van der Waals surface area contributed by atoms with E-state index in [-0.39, 0.29) is 0 Å². The molecule has 80 valence electrons. The Hall–Kier alpha value is -0.640. The Labute approximate surface area is 86.7 Å². The first kappa shape index (κ1) is 13.4. The molecule has 0 spiro atoms. The van der Waals surface area contributed by atoms with Crippen molar-refractivity contribution >= 4 is 24.0 Å². The van der Waals surface area contributed by atoms with E-state index in [2.05, 4.69) is 16.2 Å². The van der Waals surface area contributed by atoms with Crippen molar-refractivity contribution in [1.82, 2.24) is 4.98 Å². The Morgan fingerprint density at radius 3 is 2.07 bits per heavy atom. The first-order chi connectivity index (χ1) is 6.30. The van der Waals surface area contributed by atoms with Crippen molar-refractivity contribution in [2.45, 2.75) is 0 Å². The van der Waals surface area contributed by atoms with E-state index in [0.29, 0.717) is 0 Å². The minimum atomic E-state index is -4.67. The Bertz CT molecular complexity index is 296. The van der Waals surface area contributed by atoms with Crippen molar-refractivity contribution in [2.75, 3.05) is 19.0 Å². The van der Waals surface area contributed by atoms with Crippen LogP contribution in [0.15, 0.2) is 24.5 Å². The summed E-state index contributed by atoms with van der Waals surface area (Å²) in [7, 11) is -0.648. The lowest BCUT2D eigenvalue weighted by Gasteiger charge is -2.10. The molecule has 0 aliphatic rings. The summed E-state index contributed by atoms with van der Waals surface area (Å²) < 4.78 is 19.4. The van der Waals surface area contributed by atoms with Crippen molar-refractivity contribution < 1.29 is 13.7 Å². The third kappa shape index (κ3) is 9.45. The first-order valence-corrected chi connectivity index (χ1v) is 6.05. The van der Waals surface area contributed by atoms with Crippen LogP contribution in [0.4, 0.5) is 9.88 Å². The Kier molecular flexibility index (Phi) is 5.69. The van der Waals surface area contributed by atoms with Gasteiger partial charge in [0.15, 0.2) is 0 Å². The lowest BCUT2D eigenvalue weighted by Crippen LogP contribution is -2.07. The van der Waals surface area contributed by atoms with Crippen LogP contribution in [0, 0.1) is 0 Å². The number of halogens is 2. The molecule has 0 aliphatic heterocycles. The molecule has 0 bridgehead atoms. The topological polar surface area (TPSA) is 53.4 Å². The molecule has 1 aromatic heterocycles. The van der Waals surface area contributed by atoms with Gasteiger partial charge in [-0.25, -0.2) is 4.57 Å². The molecule has 1 unspecified atom stereocenters. The van der Waals surface area contributed by atoms with Gasteiger partial charge in [0, 0.05) is 43.4 Å². The van der Waals surface area contributed by atoms with Crippen LogP contribution in [0.25, 0.3) is 0 Å². The van der Waals surface area contributed by atoms with Gasteiger partial charge in [0.1, 0.15) is 0 Å². The zero-order valence-corrected chi connectivity index (χ0v) is 9.41. The van der Waals surface area contributed by atoms with Crippen LogP contribution in [-0.2, 0) is 4.57 Å². The standard InChI is InChI=1S/C7H10N2.ClFHO2P/c1-9(2)7-3-5-8-6-4-7;1-5(2,3)4/h3-6H,1-2H3;(H,3,4). The van der Waals surface area contributed by atoms with E-state index in [1.807, 2.05) is 31.1 Å². The molecule has 0 fully saturated rings. The van der Waals surface area contributed by atoms with Gasteiger partial charge in [-0.15, -0.1) is 4.20 Å². The molecule has 4 nitrogen and oxygen atoms in total. The molecule has 0 saturated heterocycles. The van der Waals surface area contributed by atoms with Gasteiger partial charge < -0.3 is 9.79 Å². The average molecular weight is 241 g/mol. The number of hydrogen-bond acceptors (Lipinski definition) is 3. The highest BCUT2D eigenvalue weighted by Crippen LogP contribution is 2.47. The minimum absolute atomic E-state index is 1.19. The summed E-state index contributed by atoms with van der Waals surface area (Å²) in [6, 6.07) is 3.94. The molecule has 1 aromatic rings. The van der Waals surface area contributed by atoms with Crippen LogP contribution in [0.3, 0.4) is 0 Å². The fourth-order valence-electron chi connectivity index (χ4n) is 0.642. The maximum absolute atomic E-state index is 10.6. The number of rotatable bonds is 1. The van der Waals surface area contributed by atoms with Gasteiger partial charge in [0.2, 0.25) is 0 Å². The van der Waals surface area contributed by atoms with Crippen LogP contribution in [0.1, 0.15) is 0 Å². The molecular weight excluding hydrogens is 230 g/mol. The monoisotopic (exact) mass is 240 g/mol. The fraction of sp³-hybridized carbons (Fsp3) is 0.286. The summed E-state index contributed by atoms with van der Waals surface area (Å²) >= 11 is 3.97. The summed E-state index contributed by atoms with van der Waals surface area (Å²) in [5.74, 6) is 0. The molecule has 7 heteroatoms. The average Bonchev–Trinajstić information content (AvgIpc) is 2.03. The SMILES string of the molecule is CN(C)c1ccncc1.O=P(O)(F)Cl. The number of nitrogens with zero attached hydrogens (tertiary/aromatic N) is 2. The van der Waals surface area contributed by atoms with Crippen LogP contribution in [0.5, 0.6) is 0 Å². The van der Waals surface area contributed by atoms with Gasteiger partial charge in [-0.3, -0.25) is 4.98 Å². The van der Waals surface area contributed by atoms with Crippen molar-refractivity contribution in [3.8, 4) is 0 Å². The van der Waals surface area contributed by atoms with Gasteiger partial charge in [-0.1, -0.05) is 0 Å². The van der Waals surface area contributed by atoms with E-state index in [9.17, 15) is 4.20 Å². The molecule has 0 aromatic carbocycles. The highest BCUT2D eigenvalue weighted by molar-refractivity contribution is 7.80. The summed E-state index contributed by atoms with van der Waals surface area (Å²) in [6.45, 7) is 0. The van der Waals surface area contributed by atoms with E-state index in [0.717, 1.165) is 0 Å². The predicted molar refractivity (Wildman–Crippen MR) is 55.4 cm³/mol. The molecule has 1 atom stereocenters. The van der Waals surface area contributed by atoms with Gasteiger partial charge in [-0.2, -0.15) is 0 Å². The quantitative estimate of drug-likeness (QED) is 0.766. The second-order valence-corrected chi connectivity index (χ2v) is 4.65. The number of anilines is 1. The van der Waals surface area contributed by atoms with Crippen LogP contribution in [0.2, 0.25) is 0 Å². The molecule has 0 radical (unpaired) electrons. The normalized spacial score (nSPS) is 13.5. The molecule has 1 heterocycles. The largest absolute Gasteiger partial charge is 0.458 e. The summed E-state index contributed by atoms with van der Waals surface area (Å²) in [6.07, 6.45) is 3.57. The maximum Gasteiger partial charge on any atom is 0.458 e. The smallest absolute Gasteiger partial charge is 0.378 e. The van der Waals surface area contributed by atoms with Crippen LogP contribution in [-0.4, -0.2) is 24.0 Å². The van der Waals surface area contributed by atoms with Gasteiger partial charge in [-0.05, 0) is 12.1 Å². The van der Waals surface area contributed by atoms with E-state index in [1.54, 1.807) is 12.4 Å². The van der Waals surface area contributed by atoms with Crippen molar-refractivity contribution in [3.63, 3.8) is 0 Å². The molecule has 14 heavy (non-hydrogen) atoms. The third-order valence-corrected chi connectivity index (χ3v) is 1.18. The number of pyridine rings is 1. The van der Waals surface area contributed by atoms with E-state index >= 15 is 0 Å². The van der Waals surface area contributed by atoms with E-state index < -0.39 is 7.03 Å². The summed E-state index contributed by atoms with van der Waals surface area (Å²) in [5, 5.41) is 0. The molecule has 0 aliphatic carbocycles. The zero-order chi connectivity index (χ0) is 11.2. The van der Waals surface area contributed by atoms with Crippen molar-refractivity contribution in [2.24, 2.45) is 0 Å². The van der Waals surface area contributed by atoms with E-state index in [1.165, 1.54) is 5.69 Å². The van der Waals surface area contributed by atoms with E-state index in [4.69, 9.17) is 9.46 Å². The van der Waals surface area contributed by atoms with Crippen LogP contribution < -0.4 is 4.90 Å². The highest BCUT2D eigenvalue weighted by atomic mass is 35.7. The Balaban J connectivity index is 0.000000292. The summed E-state index contributed by atoms with van der Waals surface area (Å²) in [4.78, 5) is 13.1. The highest BCUT2D eigenvalue weighted by Gasteiger charge is 2.05. The lowest BCUT2D eigenvalue weighted by atomic mass is 10.4. The Morgan fingerprint density at radius 1 is 1.50 bits per heavy atom. The Morgan fingerprint density at radius 2 is 1.86 bits per heavy atom. The number of aromatic nitrogens is 1. The van der Waals surface area contributed by atoms with Gasteiger partial charge >= 0.3 is 7.03 Å². The van der Waals surface area contributed by atoms with Gasteiger partial charge in [0.05, 0.1) is 0 Å². The lowest BCUT2D eigenvalue weighted by molar-refractivity contribution is 0.451. The zero-order valence-electron chi connectivity index (χ0n) is 7.76. The first-order valence-electron chi connectivity index (χ1n) is 3.60. The maximum atomic E-state index is 10.6. The third-order valence-electron chi connectivity index (χ3n) is 1.18. The van der Waals surface area contributed by atoms with Crippen molar-refractivity contribution in [1.29, 1.82) is 0 Å². The van der Waals surface area contributed by atoms with Crippen LogP contribution >= 0.6 is 18.3 Å². The summed E-state index contributed by atoms with van der Waals surface area (Å²) in [5.41, 5.74) is 1.19. The molecule has 1 N–H and O–H groups in total. The molecule has 1 rings (SSSR count). The predicted octanol–water partition coefficient (Wildman–Crippen LogP) is 2.44. The molecule has 0 saturated carbocycles. The molecule has 0 amide bonds. The second-order valence-electron chi connectivity index (χ2n) is 2.53. The molecular formula is C7H11ClFN2O2P. The second kappa shape index (κ2) is 5.96.